The van der Waals surface area contributed by atoms with E-state index in [1.807, 2.05) is 4.90 Å². The molecule has 2 atom stereocenters. The number of benzene rings is 1. The summed E-state index contributed by atoms with van der Waals surface area (Å²) in [7, 11) is -3.78. The number of carbonyl (C=O) groups is 2. The molecule has 10 nitrogen and oxygen atoms in total. The van der Waals surface area contributed by atoms with Gasteiger partial charge in [-0.1, -0.05) is 31.1 Å². The first kappa shape index (κ1) is 32.4. The second-order valence-electron chi connectivity index (χ2n) is 10.9. The highest BCUT2D eigenvalue weighted by Gasteiger charge is 2.46. The largest absolute Gasteiger partial charge is 0.490 e. The average Bonchev–Trinajstić information content (AvgIpc) is 3.49. The van der Waals surface area contributed by atoms with Gasteiger partial charge >= 0.3 is 12.1 Å². The second kappa shape index (κ2) is 12.4. The van der Waals surface area contributed by atoms with Gasteiger partial charge in [0.1, 0.15) is 10.6 Å². The van der Waals surface area contributed by atoms with Gasteiger partial charge in [0.2, 0.25) is 15.9 Å². The van der Waals surface area contributed by atoms with E-state index in [0.717, 1.165) is 13.1 Å². The Kier molecular flexibility index (Phi) is 9.79. The summed E-state index contributed by atoms with van der Waals surface area (Å²) in [6.45, 7) is 15.0. The number of alkyl halides is 3. The van der Waals surface area contributed by atoms with Crippen LogP contribution in [0.25, 0.3) is 0 Å². The molecule has 41 heavy (non-hydrogen) atoms. The SMILES string of the molecule is Cc1ccc(C)c(N2CCN(C(=O)[C@@H]3CN(S(=O)(=O)c4c(C)noc4C)C[C@H]3C(C)C)CC2)c1.O=C(O)C(F)(F)F. The maximum atomic E-state index is 13.6. The van der Waals surface area contributed by atoms with Crippen molar-refractivity contribution in [2.24, 2.45) is 17.8 Å². The minimum atomic E-state index is -5.08. The quantitative estimate of drug-likeness (QED) is 0.549. The van der Waals surface area contributed by atoms with E-state index in [4.69, 9.17) is 14.4 Å². The minimum Gasteiger partial charge on any atom is -0.475 e. The van der Waals surface area contributed by atoms with Gasteiger partial charge in [0.05, 0.1) is 5.92 Å². The Labute approximate surface area is 238 Å². The molecular weight excluding hydrogens is 565 g/mol. The fraction of sp³-hybridized carbons (Fsp3) is 0.593. The number of piperazine rings is 1. The van der Waals surface area contributed by atoms with E-state index >= 15 is 0 Å². The van der Waals surface area contributed by atoms with Crippen molar-refractivity contribution >= 4 is 27.6 Å². The van der Waals surface area contributed by atoms with Crippen LogP contribution in [-0.2, 0) is 19.6 Å². The molecule has 228 valence electrons. The van der Waals surface area contributed by atoms with Crippen molar-refractivity contribution in [2.45, 2.75) is 52.6 Å². The van der Waals surface area contributed by atoms with Crippen LogP contribution in [0.5, 0.6) is 0 Å². The Balaban J connectivity index is 0.000000587. The third kappa shape index (κ3) is 7.21. The number of aliphatic carboxylic acids is 1. The van der Waals surface area contributed by atoms with Crippen LogP contribution in [0.4, 0.5) is 18.9 Å². The van der Waals surface area contributed by atoms with Crippen molar-refractivity contribution in [3.8, 4) is 0 Å². The number of aryl methyl sites for hydroxylation is 4. The van der Waals surface area contributed by atoms with Crippen molar-refractivity contribution in [1.29, 1.82) is 0 Å². The third-order valence-corrected chi connectivity index (χ3v) is 9.69. The Morgan fingerprint density at radius 3 is 2.12 bits per heavy atom. The number of carboxylic acid groups (broad SMARTS) is 1. The molecule has 0 spiro atoms. The van der Waals surface area contributed by atoms with Crippen LogP contribution in [-0.4, -0.2) is 85.2 Å². The third-order valence-electron chi connectivity index (χ3n) is 7.61. The molecule has 2 aliphatic heterocycles. The number of carboxylic acids is 1. The van der Waals surface area contributed by atoms with Crippen molar-refractivity contribution < 1.29 is 40.8 Å². The lowest BCUT2D eigenvalue weighted by Gasteiger charge is -2.38. The number of anilines is 1. The van der Waals surface area contributed by atoms with Gasteiger partial charge in [-0.2, -0.15) is 17.5 Å². The van der Waals surface area contributed by atoms with Crippen LogP contribution < -0.4 is 4.90 Å². The summed E-state index contributed by atoms with van der Waals surface area (Å²) >= 11 is 0. The molecule has 2 aliphatic rings. The normalized spacial score (nSPS) is 20.2. The summed E-state index contributed by atoms with van der Waals surface area (Å²) in [6.07, 6.45) is -5.08. The second-order valence-corrected chi connectivity index (χ2v) is 12.8. The lowest BCUT2D eigenvalue weighted by atomic mass is 9.85. The molecular formula is C27H37F3N4O6S. The molecule has 2 fully saturated rings. The fourth-order valence-corrected chi connectivity index (χ4v) is 7.15. The summed E-state index contributed by atoms with van der Waals surface area (Å²) in [5.41, 5.74) is 4.05. The Bertz CT molecular complexity index is 1350. The monoisotopic (exact) mass is 602 g/mol. The van der Waals surface area contributed by atoms with Crippen LogP contribution >= 0.6 is 0 Å². The molecule has 2 aromatic rings. The predicted octanol–water partition coefficient (Wildman–Crippen LogP) is 3.78. The van der Waals surface area contributed by atoms with Crippen molar-refractivity contribution in [2.75, 3.05) is 44.2 Å². The van der Waals surface area contributed by atoms with Crippen LogP contribution in [0, 0.1) is 45.4 Å². The summed E-state index contributed by atoms with van der Waals surface area (Å²) in [6, 6.07) is 6.46. The highest BCUT2D eigenvalue weighted by atomic mass is 32.2. The molecule has 0 unspecified atom stereocenters. The van der Waals surface area contributed by atoms with Crippen molar-refractivity contribution in [3.63, 3.8) is 0 Å². The minimum absolute atomic E-state index is 0.0280. The summed E-state index contributed by atoms with van der Waals surface area (Å²) in [5, 5.41) is 10.9. The van der Waals surface area contributed by atoms with Gasteiger partial charge in [-0.3, -0.25) is 4.79 Å². The molecule has 14 heteroatoms. The number of amides is 1. The number of halogens is 3. The summed E-state index contributed by atoms with van der Waals surface area (Å²) < 4.78 is 65.1. The van der Waals surface area contributed by atoms with Crippen LogP contribution in [0.3, 0.4) is 0 Å². The highest BCUT2D eigenvalue weighted by Crippen LogP contribution is 2.36. The molecule has 1 aromatic carbocycles. The standard InChI is InChI=1S/C25H36N4O4S.C2HF3O2/c1-16(2)21-14-29(34(31,32)24-19(5)26-33-20(24)6)15-22(21)25(30)28-11-9-27(10-12-28)23-13-17(3)7-8-18(23)4;3-2(4,5)1(6)7/h7-8,13,16,21-22H,9-12,14-15H2,1-6H3;(H,6,7)/t21-,22+;/m0./s1. The molecule has 4 rings (SSSR count). The number of aromatic nitrogens is 1. The molecule has 0 radical (unpaired) electrons. The highest BCUT2D eigenvalue weighted by molar-refractivity contribution is 7.89. The number of sulfonamides is 1. The molecule has 0 saturated carbocycles. The lowest BCUT2D eigenvalue weighted by molar-refractivity contribution is -0.192. The number of rotatable bonds is 5. The Hall–Kier alpha value is -3.13. The first-order valence-corrected chi connectivity index (χ1v) is 14.7. The first-order valence-electron chi connectivity index (χ1n) is 13.3. The fourth-order valence-electron chi connectivity index (χ4n) is 5.36. The van der Waals surface area contributed by atoms with E-state index in [1.54, 1.807) is 13.8 Å². The Morgan fingerprint density at radius 2 is 1.63 bits per heavy atom. The summed E-state index contributed by atoms with van der Waals surface area (Å²) in [4.78, 5) is 26.9. The maximum absolute atomic E-state index is 13.6. The molecule has 2 saturated heterocycles. The molecule has 1 N–H and O–H groups in total. The zero-order valence-electron chi connectivity index (χ0n) is 24.0. The van der Waals surface area contributed by atoms with E-state index in [9.17, 15) is 26.4 Å². The number of hydrogen-bond donors (Lipinski definition) is 1. The van der Waals surface area contributed by atoms with Gasteiger partial charge in [-0.15, -0.1) is 0 Å². The van der Waals surface area contributed by atoms with Crippen LogP contribution in [0.1, 0.15) is 36.4 Å². The van der Waals surface area contributed by atoms with Gasteiger partial charge < -0.3 is 19.4 Å². The Morgan fingerprint density at radius 1 is 1.05 bits per heavy atom. The van der Waals surface area contributed by atoms with Crippen LogP contribution in [0.2, 0.25) is 0 Å². The zero-order chi connectivity index (χ0) is 30.9. The number of carbonyl (C=O) groups excluding carboxylic acids is 1. The zero-order valence-corrected chi connectivity index (χ0v) is 24.8. The van der Waals surface area contributed by atoms with Gasteiger partial charge in [-0.25, -0.2) is 13.2 Å². The van der Waals surface area contributed by atoms with E-state index < -0.39 is 22.2 Å². The van der Waals surface area contributed by atoms with Gasteiger partial charge in [0.15, 0.2) is 5.76 Å². The van der Waals surface area contributed by atoms with Crippen molar-refractivity contribution in [3.05, 3.63) is 40.8 Å². The van der Waals surface area contributed by atoms with Gasteiger partial charge in [-0.05, 0) is 56.7 Å². The number of nitrogens with zero attached hydrogens (tertiary/aromatic N) is 4. The van der Waals surface area contributed by atoms with Gasteiger partial charge in [0, 0.05) is 45.0 Å². The topological polar surface area (TPSA) is 124 Å². The smallest absolute Gasteiger partial charge is 0.475 e. The maximum Gasteiger partial charge on any atom is 0.490 e. The first-order chi connectivity index (χ1) is 18.9. The van der Waals surface area contributed by atoms with E-state index in [1.165, 1.54) is 21.1 Å². The van der Waals surface area contributed by atoms with Crippen molar-refractivity contribution in [1.82, 2.24) is 14.4 Å². The number of hydrogen-bond acceptors (Lipinski definition) is 7. The molecule has 1 aromatic heterocycles. The van der Waals surface area contributed by atoms with Gasteiger partial charge in [0.25, 0.3) is 0 Å². The van der Waals surface area contributed by atoms with Crippen LogP contribution in [0.15, 0.2) is 27.6 Å². The molecule has 3 heterocycles. The van der Waals surface area contributed by atoms with E-state index in [-0.39, 0.29) is 40.9 Å². The molecule has 1 amide bonds. The average molecular weight is 603 g/mol. The molecule has 0 bridgehead atoms. The van der Waals surface area contributed by atoms with E-state index in [0.29, 0.717) is 25.3 Å². The predicted molar refractivity (Wildman–Crippen MR) is 145 cm³/mol. The van der Waals surface area contributed by atoms with E-state index in [2.05, 4.69) is 56.0 Å². The molecule has 0 aliphatic carbocycles. The lowest BCUT2D eigenvalue weighted by Crippen LogP contribution is -2.51. The summed E-state index contributed by atoms with van der Waals surface area (Å²) in [5.74, 6) is -2.59.